The molecule has 0 saturated heterocycles. The number of esters is 1. The number of halogens is 1. The van der Waals surface area contributed by atoms with Crippen LogP contribution in [0.15, 0.2) is 10.3 Å². The minimum absolute atomic E-state index is 0.0854. The second-order valence-corrected chi connectivity index (χ2v) is 2.80. The highest BCUT2D eigenvalue weighted by molar-refractivity contribution is 6.69. The summed E-state index contributed by atoms with van der Waals surface area (Å²) in [6.07, 6.45) is 0. The van der Waals surface area contributed by atoms with Crippen molar-refractivity contribution in [3.8, 4) is 0 Å². The molecule has 1 amide bonds. The Labute approximate surface area is 97.1 Å². The van der Waals surface area contributed by atoms with Gasteiger partial charge in [0, 0.05) is 6.92 Å². The van der Waals surface area contributed by atoms with Gasteiger partial charge in [0.25, 0.3) is 0 Å². The Balaban J connectivity index is 4.84. The zero-order valence-electron chi connectivity index (χ0n) is 8.86. The molecule has 7 nitrogen and oxygen atoms in total. The van der Waals surface area contributed by atoms with Crippen molar-refractivity contribution < 1.29 is 19.5 Å². The first-order chi connectivity index (χ1) is 7.56. The van der Waals surface area contributed by atoms with Gasteiger partial charge in [0.1, 0.15) is 5.71 Å². The lowest BCUT2D eigenvalue weighted by atomic mass is 10.2. The van der Waals surface area contributed by atoms with Crippen molar-refractivity contribution in [3.05, 3.63) is 0 Å². The van der Waals surface area contributed by atoms with E-state index in [0.717, 1.165) is 0 Å². The van der Waals surface area contributed by atoms with E-state index in [4.69, 9.17) is 16.8 Å². The molecule has 0 aliphatic heterocycles. The van der Waals surface area contributed by atoms with Crippen LogP contribution in [0.2, 0.25) is 0 Å². The van der Waals surface area contributed by atoms with Crippen molar-refractivity contribution in [2.45, 2.75) is 13.8 Å². The first-order valence-electron chi connectivity index (χ1n) is 4.35. The van der Waals surface area contributed by atoms with Crippen molar-refractivity contribution in [3.63, 3.8) is 0 Å². The average molecular weight is 250 g/mol. The number of oxime groups is 1. The summed E-state index contributed by atoms with van der Waals surface area (Å²) in [5.74, 6) is -1.52. The molecule has 0 heterocycles. The topological polar surface area (TPSA) is 100 Å². The first kappa shape index (κ1) is 14.4. The largest absolute Gasteiger partial charge is 0.461 e. The van der Waals surface area contributed by atoms with Crippen molar-refractivity contribution in [1.29, 1.82) is 0 Å². The van der Waals surface area contributed by atoms with E-state index in [9.17, 15) is 9.59 Å². The van der Waals surface area contributed by atoms with Crippen LogP contribution in [0.4, 0.5) is 0 Å². The Bertz CT molecular complexity index is 327. The summed E-state index contributed by atoms with van der Waals surface area (Å²) < 4.78 is 4.60. The molecule has 90 valence electrons. The van der Waals surface area contributed by atoms with Crippen molar-refractivity contribution in [2.75, 3.05) is 12.5 Å². The predicted octanol–water partition coefficient (Wildman–Crippen LogP) is 0.111. The van der Waals surface area contributed by atoms with E-state index in [0.29, 0.717) is 0 Å². The molecule has 0 bridgehead atoms. The third kappa shape index (κ3) is 4.74. The minimum atomic E-state index is -0.866. The number of rotatable bonds is 5. The van der Waals surface area contributed by atoms with Crippen LogP contribution in [-0.2, 0) is 14.3 Å². The van der Waals surface area contributed by atoms with Gasteiger partial charge in [-0.05, 0) is 6.92 Å². The molecule has 0 aliphatic carbocycles. The zero-order valence-corrected chi connectivity index (χ0v) is 9.61. The van der Waals surface area contributed by atoms with Crippen molar-refractivity contribution in [1.82, 2.24) is 5.43 Å². The Morgan fingerprint density at radius 1 is 1.50 bits per heavy atom. The molecular formula is C8H12ClN3O4. The summed E-state index contributed by atoms with van der Waals surface area (Å²) in [4.78, 5) is 21.8. The number of amides is 1. The maximum absolute atomic E-state index is 11.3. The van der Waals surface area contributed by atoms with Gasteiger partial charge in [0.15, 0.2) is 0 Å². The minimum Gasteiger partial charge on any atom is -0.461 e. The number of hydrogen-bond acceptors (Lipinski definition) is 6. The number of nitrogens with zero attached hydrogens (tertiary/aromatic N) is 2. The van der Waals surface area contributed by atoms with Crippen molar-refractivity contribution in [2.24, 2.45) is 10.3 Å². The molecule has 0 radical (unpaired) electrons. The third-order valence-corrected chi connectivity index (χ3v) is 1.57. The molecule has 0 atom stereocenters. The molecule has 0 aliphatic rings. The van der Waals surface area contributed by atoms with Crippen LogP contribution in [0.25, 0.3) is 0 Å². The second kappa shape index (κ2) is 7.63. The van der Waals surface area contributed by atoms with Gasteiger partial charge in [-0.15, -0.1) is 11.6 Å². The molecule has 0 spiro atoms. The van der Waals surface area contributed by atoms with Gasteiger partial charge in [0.05, 0.1) is 12.5 Å². The molecule has 0 aromatic heterocycles. The highest BCUT2D eigenvalue weighted by Crippen LogP contribution is 1.93. The van der Waals surface area contributed by atoms with Crippen LogP contribution in [0.3, 0.4) is 0 Å². The third-order valence-electron chi connectivity index (χ3n) is 1.32. The van der Waals surface area contributed by atoms with E-state index in [1.54, 1.807) is 6.92 Å². The number of carbonyl (C=O) groups is 2. The van der Waals surface area contributed by atoms with Gasteiger partial charge in [0.2, 0.25) is 11.6 Å². The number of carbonyl (C=O) groups excluding carboxylic acids is 2. The fraction of sp³-hybridized carbons (Fsp3) is 0.500. The van der Waals surface area contributed by atoms with Crippen LogP contribution in [0, 0.1) is 0 Å². The van der Waals surface area contributed by atoms with E-state index in [-0.39, 0.29) is 18.2 Å². The number of ether oxygens (including phenoxy) is 1. The van der Waals surface area contributed by atoms with Gasteiger partial charge in [-0.1, -0.05) is 5.16 Å². The highest BCUT2D eigenvalue weighted by atomic mass is 35.5. The number of alkyl halides is 1. The van der Waals surface area contributed by atoms with Crippen LogP contribution in [-0.4, -0.2) is 41.0 Å². The fourth-order valence-corrected chi connectivity index (χ4v) is 0.894. The first-order valence-corrected chi connectivity index (χ1v) is 4.88. The van der Waals surface area contributed by atoms with Crippen LogP contribution in [0.1, 0.15) is 13.8 Å². The molecule has 0 aromatic rings. The molecule has 0 unspecified atom stereocenters. The maximum atomic E-state index is 11.3. The molecule has 0 aromatic carbocycles. The average Bonchev–Trinajstić information content (AvgIpc) is 2.24. The number of nitrogens with one attached hydrogen (secondary N) is 1. The molecule has 8 heteroatoms. The normalized spacial score (nSPS) is 12.2. The molecular weight excluding hydrogens is 238 g/mol. The zero-order chi connectivity index (χ0) is 12.6. The quantitative estimate of drug-likeness (QED) is 0.237. The van der Waals surface area contributed by atoms with Gasteiger partial charge in [-0.3, -0.25) is 4.79 Å². The Morgan fingerprint density at radius 3 is 2.50 bits per heavy atom. The molecule has 0 fully saturated rings. The van der Waals surface area contributed by atoms with E-state index >= 15 is 0 Å². The lowest BCUT2D eigenvalue weighted by molar-refractivity contribution is -0.135. The summed E-state index contributed by atoms with van der Waals surface area (Å²) in [6, 6.07) is 0. The van der Waals surface area contributed by atoms with Gasteiger partial charge in [-0.25, -0.2) is 10.2 Å². The molecule has 0 saturated carbocycles. The number of hydrazone groups is 1. The monoisotopic (exact) mass is 249 g/mol. The van der Waals surface area contributed by atoms with Crippen LogP contribution >= 0.6 is 11.6 Å². The summed E-state index contributed by atoms with van der Waals surface area (Å²) in [5, 5.41) is 14.9. The van der Waals surface area contributed by atoms with Crippen molar-refractivity contribution >= 4 is 34.9 Å². The summed E-state index contributed by atoms with van der Waals surface area (Å²) in [6.45, 7) is 2.95. The van der Waals surface area contributed by atoms with E-state index in [1.807, 2.05) is 0 Å². The Kier molecular flexibility index (Phi) is 6.86. The summed E-state index contributed by atoms with van der Waals surface area (Å²) in [7, 11) is 0. The van der Waals surface area contributed by atoms with E-state index < -0.39 is 17.6 Å². The van der Waals surface area contributed by atoms with Gasteiger partial charge >= 0.3 is 5.97 Å². The standard InChI is InChI=1S/C8H12ClN3O4/c1-3-16-8(14)7(12-15)6(4-9)11-10-5(2)13/h15H,3-4H2,1-2H3,(H,10,13). The SMILES string of the molecule is CCOC(=O)C(=NO)C(CCl)=NNC(C)=O. The predicted molar refractivity (Wildman–Crippen MR) is 57.8 cm³/mol. The number of hydrogen-bond donors (Lipinski definition) is 2. The van der Waals surface area contributed by atoms with Gasteiger partial charge < -0.3 is 9.94 Å². The molecule has 2 N–H and O–H groups in total. The smallest absolute Gasteiger partial charge is 0.362 e. The lowest BCUT2D eigenvalue weighted by Crippen LogP contribution is -2.30. The van der Waals surface area contributed by atoms with Crippen LogP contribution < -0.4 is 5.43 Å². The lowest BCUT2D eigenvalue weighted by Gasteiger charge is -2.04. The van der Waals surface area contributed by atoms with Crippen LogP contribution in [0.5, 0.6) is 0 Å². The highest BCUT2D eigenvalue weighted by Gasteiger charge is 2.20. The summed E-state index contributed by atoms with van der Waals surface area (Å²) >= 11 is 5.49. The molecule has 16 heavy (non-hydrogen) atoms. The second-order valence-electron chi connectivity index (χ2n) is 2.53. The maximum Gasteiger partial charge on any atom is 0.362 e. The summed E-state index contributed by atoms with van der Waals surface area (Å²) in [5.41, 5.74) is 1.55. The molecule has 0 rings (SSSR count). The van der Waals surface area contributed by atoms with E-state index in [1.165, 1.54) is 6.92 Å². The fourth-order valence-electron chi connectivity index (χ4n) is 0.708. The Hall–Kier alpha value is -1.63. The van der Waals surface area contributed by atoms with Gasteiger partial charge in [-0.2, -0.15) is 5.10 Å². The van der Waals surface area contributed by atoms with E-state index in [2.05, 4.69) is 20.4 Å². The Morgan fingerprint density at radius 2 is 2.12 bits per heavy atom.